The van der Waals surface area contributed by atoms with Gasteiger partial charge in [-0.05, 0) is 19.1 Å². The molecule has 1 atom stereocenters. The van der Waals surface area contributed by atoms with Gasteiger partial charge in [0.2, 0.25) is 0 Å². The fourth-order valence-electron chi connectivity index (χ4n) is 1.67. The molecule has 102 valence electrons. The zero-order valence-electron chi connectivity index (χ0n) is 10.6. The van der Waals surface area contributed by atoms with E-state index in [1.807, 2.05) is 19.1 Å². The van der Waals surface area contributed by atoms with Gasteiger partial charge in [-0.25, -0.2) is 5.10 Å². The average Bonchev–Trinajstić information content (AvgIpc) is 2.81. The third-order valence-electron chi connectivity index (χ3n) is 2.56. The van der Waals surface area contributed by atoms with Crippen LogP contribution in [0.4, 0.5) is 5.69 Å². The highest BCUT2D eigenvalue weighted by molar-refractivity contribution is 6.32. The first kappa shape index (κ1) is 13.6. The van der Waals surface area contributed by atoms with E-state index >= 15 is 0 Å². The molecule has 2 N–H and O–H groups in total. The van der Waals surface area contributed by atoms with Crippen LogP contribution in [0, 0.1) is 6.92 Å². The fourth-order valence-corrected chi connectivity index (χ4v) is 1.82. The number of ether oxygens (including phenoxy) is 1. The Hall–Kier alpha value is -1.79. The van der Waals surface area contributed by atoms with Gasteiger partial charge >= 0.3 is 0 Å². The fraction of sp³-hybridized carbons (Fsp3) is 0.333. The predicted molar refractivity (Wildman–Crippen MR) is 71.6 cm³/mol. The van der Waals surface area contributed by atoms with Crippen molar-refractivity contribution in [2.24, 2.45) is 0 Å². The Kier molecular flexibility index (Phi) is 4.24. The van der Waals surface area contributed by atoms with E-state index in [1.165, 1.54) is 6.20 Å². The van der Waals surface area contributed by atoms with Crippen LogP contribution in [0.3, 0.4) is 0 Å². The van der Waals surface area contributed by atoms with E-state index in [2.05, 4.69) is 15.5 Å². The van der Waals surface area contributed by atoms with Crippen LogP contribution in [0.1, 0.15) is 17.6 Å². The van der Waals surface area contributed by atoms with Crippen molar-refractivity contribution in [3.8, 4) is 0 Å². The number of halogens is 1. The number of nitrogens with zero attached hydrogens (tertiary/aromatic N) is 1. The Bertz CT molecular complexity index is 608. The molecule has 1 unspecified atom stereocenters. The Morgan fingerprint density at radius 2 is 2.37 bits per heavy atom. The van der Waals surface area contributed by atoms with E-state index in [0.29, 0.717) is 18.1 Å². The van der Waals surface area contributed by atoms with Crippen molar-refractivity contribution < 1.29 is 9.15 Å². The van der Waals surface area contributed by atoms with E-state index in [1.54, 1.807) is 7.11 Å². The summed E-state index contributed by atoms with van der Waals surface area (Å²) in [6.07, 6.45) is 1.45. The molecule has 0 saturated heterocycles. The molecule has 0 radical (unpaired) electrons. The van der Waals surface area contributed by atoms with Gasteiger partial charge in [0.25, 0.3) is 5.56 Å². The molecule has 0 aliphatic carbocycles. The second-order valence-corrected chi connectivity index (χ2v) is 4.41. The first-order chi connectivity index (χ1) is 9.11. The lowest BCUT2D eigenvalue weighted by molar-refractivity contribution is 0.178. The number of aromatic amines is 1. The second-order valence-electron chi connectivity index (χ2n) is 4.03. The topological polar surface area (TPSA) is 80.1 Å². The smallest absolute Gasteiger partial charge is 0.285 e. The van der Waals surface area contributed by atoms with Gasteiger partial charge in [-0.3, -0.25) is 4.79 Å². The average molecular weight is 284 g/mol. The number of nitrogens with one attached hydrogen (secondary N) is 2. The number of hydrogen-bond acceptors (Lipinski definition) is 5. The van der Waals surface area contributed by atoms with Crippen LogP contribution >= 0.6 is 11.6 Å². The molecule has 0 fully saturated rings. The highest BCUT2D eigenvalue weighted by Crippen LogP contribution is 2.24. The van der Waals surface area contributed by atoms with Gasteiger partial charge in [-0.1, -0.05) is 11.6 Å². The molecule has 2 aromatic heterocycles. The SMILES string of the molecule is COCC(Nc1cn[nH]c(=O)c1Cl)c1ccc(C)o1. The Balaban J connectivity index is 2.26. The minimum atomic E-state index is -0.446. The molecule has 0 saturated carbocycles. The Morgan fingerprint density at radius 1 is 1.58 bits per heavy atom. The summed E-state index contributed by atoms with van der Waals surface area (Å²) in [4.78, 5) is 11.4. The molecule has 0 bridgehead atoms. The maximum atomic E-state index is 11.4. The van der Waals surface area contributed by atoms with E-state index in [9.17, 15) is 4.79 Å². The third-order valence-corrected chi connectivity index (χ3v) is 2.94. The Morgan fingerprint density at radius 3 is 3.00 bits per heavy atom. The van der Waals surface area contributed by atoms with Crippen molar-refractivity contribution in [3.63, 3.8) is 0 Å². The first-order valence-electron chi connectivity index (χ1n) is 5.67. The molecule has 7 heteroatoms. The normalized spacial score (nSPS) is 12.4. The highest BCUT2D eigenvalue weighted by atomic mass is 35.5. The molecule has 0 aliphatic heterocycles. The van der Waals surface area contributed by atoms with Crippen molar-refractivity contribution in [1.82, 2.24) is 10.2 Å². The van der Waals surface area contributed by atoms with Crippen LogP contribution in [0.2, 0.25) is 5.02 Å². The molecule has 2 heterocycles. The van der Waals surface area contributed by atoms with Crippen molar-refractivity contribution in [3.05, 3.63) is 45.2 Å². The van der Waals surface area contributed by atoms with Crippen LogP contribution < -0.4 is 10.9 Å². The number of furan rings is 1. The molecule has 2 rings (SSSR count). The molecular formula is C12H14ClN3O3. The van der Waals surface area contributed by atoms with Crippen molar-refractivity contribution in [2.45, 2.75) is 13.0 Å². The summed E-state index contributed by atoms with van der Waals surface area (Å²) in [6.45, 7) is 2.23. The van der Waals surface area contributed by atoms with Gasteiger partial charge < -0.3 is 14.5 Å². The lowest BCUT2D eigenvalue weighted by Crippen LogP contribution is -2.19. The number of H-pyrrole nitrogens is 1. The maximum absolute atomic E-state index is 11.4. The zero-order chi connectivity index (χ0) is 13.8. The second kappa shape index (κ2) is 5.90. The van der Waals surface area contributed by atoms with Gasteiger partial charge in [0.15, 0.2) is 0 Å². The number of aryl methyl sites for hydroxylation is 1. The summed E-state index contributed by atoms with van der Waals surface area (Å²) >= 11 is 5.91. The van der Waals surface area contributed by atoms with Gasteiger partial charge in [-0.15, -0.1) is 0 Å². The van der Waals surface area contributed by atoms with Crippen molar-refractivity contribution >= 4 is 17.3 Å². The number of rotatable bonds is 5. The minimum Gasteiger partial charge on any atom is -0.464 e. The number of hydrogen-bond donors (Lipinski definition) is 2. The number of aromatic nitrogens is 2. The van der Waals surface area contributed by atoms with E-state index in [4.69, 9.17) is 20.8 Å². The molecule has 6 nitrogen and oxygen atoms in total. The number of methoxy groups -OCH3 is 1. The summed E-state index contributed by atoms with van der Waals surface area (Å²) in [5.74, 6) is 1.50. The lowest BCUT2D eigenvalue weighted by atomic mass is 10.2. The standard InChI is InChI=1S/C12H14ClN3O3/c1-7-3-4-10(19-7)9(6-18-2)15-8-5-14-16-12(17)11(8)13/h3-5,9H,6H2,1-2H3,(H2,15,16,17). The Labute approximate surface area is 114 Å². The zero-order valence-corrected chi connectivity index (χ0v) is 11.3. The summed E-state index contributed by atoms with van der Waals surface area (Å²) in [7, 11) is 1.59. The molecule has 19 heavy (non-hydrogen) atoms. The van der Waals surface area contributed by atoms with Gasteiger partial charge in [-0.2, -0.15) is 5.10 Å². The third kappa shape index (κ3) is 3.15. The van der Waals surface area contributed by atoms with Crippen molar-refractivity contribution in [2.75, 3.05) is 19.0 Å². The number of anilines is 1. The van der Waals surface area contributed by atoms with Crippen molar-refractivity contribution in [1.29, 1.82) is 0 Å². The molecule has 2 aromatic rings. The van der Waals surface area contributed by atoms with E-state index in [0.717, 1.165) is 5.76 Å². The van der Waals surface area contributed by atoms with Crippen LogP contribution in [0.25, 0.3) is 0 Å². The summed E-state index contributed by atoms with van der Waals surface area (Å²) in [5, 5.41) is 9.10. The summed E-state index contributed by atoms with van der Waals surface area (Å²) in [5.41, 5.74) is -0.0139. The van der Waals surface area contributed by atoms with Crippen LogP contribution in [0.5, 0.6) is 0 Å². The molecule has 0 aromatic carbocycles. The highest BCUT2D eigenvalue weighted by Gasteiger charge is 2.17. The molecule has 0 spiro atoms. The molecule has 0 aliphatic rings. The summed E-state index contributed by atoms with van der Waals surface area (Å²) < 4.78 is 10.7. The molecular weight excluding hydrogens is 270 g/mol. The largest absolute Gasteiger partial charge is 0.464 e. The quantitative estimate of drug-likeness (QED) is 0.878. The molecule has 0 amide bonds. The minimum absolute atomic E-state index is 0.0550. The summed E-state index contributed by atoms with van der Waals surface area (Å²) in [6, 6.07) is 3.46. The van der Waals surface area contributed by atoms with Crippen LogP contribution in [-0.4, -0.2) is 23.9 Å². The van der Waals surface area contributed by atoms with Crippen LogP contribution in [0.15, 0.2) is 27.5 Å². The van der Waals surface area contributed by atoms with E-state index in [-0.39, 0.29) is 11.1 Å². The van der Waals surface area contributed by atoms with Crippen LogP contribution in [-0.2, 0) is 4.74 Å². The van der Waals surface area contributed by atoms with Gasteiger partial charge in [0, 0.05) is 7.11 Å². The maximum Gasteiger partial charge on any atom is 0.285 e. The lowest BCUT2D eigenvalue weighted by Gasteiger charge is -2.17. The van der Waals surface area contributed by atoms with Gasteiger partial charge in [0.1, 0.15) is 22.6 Å². The first-order valence-corrected chi connectivity index (χ1v) is 6.04. The van der Waals surface area contributed by atoms with Gasteiger partial charge in [0.05, 0.1) is 18.5 Å². The predicted octanol–water partition coefficient (Wildman–Crippen LogP) is 2.12. The van der Waals surface area contributed by atoms with E-state index < -0.39 is 5.56 Å². The monoisotopic (exact) mass is 283 g/mol.